The fraction of sp³-hybridized carbons (Fsp3) is 0.357. The highest BCUT2D eigenvalue weighted by molar-refractivity contribution is 8.00. The molecule has 0 radical (unpaired) electrons. The first-order chi connectivity index (χ1) is 9.40. The summed E-state index contributed by atoms with van der Waals surface area (Å²) >= 11 is 0.262. The van der Waals surface area contributed by atoms with E-state index in [0.717, 1.165) is 4.90 Å². The third-order valence-corrected chi connectivity index (χ3v) is 4.29. The first-order valence-electron chi connectivity index (χ1n) is 6.16. The van der Waals surface area contributed by atoms with E-state index in [-0.39, 0.29) is 31.1 Å². The zero-order valence-electron chi connectivity index (χ0n) is 10.8. The Bertz CT molecular complexity index is 509. The van der Waals surface area contributed by atoms with Gasteiger partial charge >= 0.3 is 5.25 Å². The summed E-state index contributed by atoms with van der Waals surface area (Å²) < 4.78 is 28.9. The zero-order valence-corrected chi connectivity index (χ0v) is 11.6. The highest BCUT2D eigenvalue weighted by atomic mass is 32.2. The van der Waals surface area contributed by atoms with Crippen molar-refractivity contribution in [3.05, 3.63) is 43.0 Å². The van der Waals surface area contributed by atoms with Gasteiger partial charge in [-0.25, -0.2) is 0 Å². The lowest BCUT2D eigenvalue weighted by Gasteiger charge is -2.38. The Kier molecular flexibility index (Phi) is 4.15. The van der Waals surface area contributed by atoms with Gasteiger partial charge in [0, 0.05) is 24.3 Å². The Morgan fingerprint density at radius 1 is 1.45 bits per heavy atom. The zero-order chi connectivity index (χ0) is 14.8. The van der Waals surface area contributed by atoms with Gasteiger partial charge in [0.05, 0.1) is 0 Å². The molecular weight excluding hydrogens is 284 g/mol. The quantitative estimate of drug-likeness (QED) is 0.671. The molecule has 1 atom stereocenters. The van der Waals surface area contributed by atoms with Crippen molar-refractivity contribution in [2.75, 3.05) is 6.54 Å². The van der Waals surface area contributed by atoms with E-state index < -0.39 is 16.9 Å². The number of benzene rings is 1. The van der Waals surface area contributed by atoms with Crippen molar-refractivity contribution in [2.24, 2.45) is 0 Å². The summed E-state index contributed by atoms with van der Waals surface area (Å²) in [5.41, 5.74) is -2.47. The minimum atomic E-state index is -3.50. The first-order valence-corrected chi connectivity index (χ1v) is 6.98. The van der Waals surface area contributed by atoms with Crippen LogP contribution in [0.3, 0.4) is 0 Å². The number of nitrogens with zero attached hydrogens (tertiary/aromatic N) is 1. The van der Waals surface area contributed by atoms with Crippen LogP contribution in [0.25, 0.3) is 0 Å². The molecule has 1 N–H and O–H groups in total. The second-order valence-corrected chi connectivity index (χ2v) is 5.73. The molecule has 1 aliphatic rings. The molecule has 0 aliphatic carbocycles. The van der Waals surface area contributed by atoms with Gasteiger partial charge in [-0.3, -0.25) is 4.79 Å². The molecule has 1 aromatic rings. The number of aliphatic hydroxyl groups is 1. The largest absolute Gasteiger partial charge is 0.365 e. The van der Waals surface area contributed by atoms with Crippen molar-refractivity contribution in [1.29, 1.82) is 0 Å². The van der Waals surface area contributed by atoms with Crippen molar-refractivity contribution in [3.63, 3.8) is 0 Å². The van der Waals surface area contributed by atoms with Crippen LogP contribution < -0.4 is 0 Å². The standard InChI is InChI=1S/C14H15F2NO2S/c1-2-10-17-12(18)8-9-13(17,19)14(15,16)20-11-6-4-3-5-7-11/h2-7,19H,1,8-10H2. The summed E-state index contributed by atoms with van der Waals surface area (Å²) in [6.45, 7) is 3.34. The van der Waals surface area contributed by atoms with Gasteiger partial charge in [0.15, 0.2) is 0 Å². The van der Waals surface area contributed by atoms with Crippen LogP contribution in [-0.2, 0) is 4.79 Å². The lowest BCUT2D eigenvalue weighted by molar-refractivity contribution is -0.195. The molecule has 1 aliphatic heterocycles. The molecule has 1 fully saturated rings. The van der Waals surface area contributed by atoms with Crippen LogP contribution in [-0.4, -0.2) is 33.4 Å². The molecule has 0 spiro atoms. The minimum absolute atomic E-state index is 0.0880. The summed E-state index contributed by atoms with van der Waals surface area (Å²) in [7, 11) is 0. The Morgan fingerprint density at radius 2 is 2.10 bits per heavy atom. The van der Waals surface area contributed by atoms with Crippen LogP contribution in [0.1, 0.15) is 12.8 Å². The van der Waals surface area contributed by atoms with Crippen LogP contribution in [0.5, 0.6) is 0 Å². The predicted molar refractivity (Wildman–Crippen MR) is 73.3 cm³/mol. The van der Waals surface area contributed by atoms with Crippen molar-refractivity contribution >= 4 is 17.7 Å². The van der Waals surface area contributed by atoms with Gasteiger partial charge in [0.2, 0.25) is 11.6 Å². The van der Waals surface area contributed by atoms with Gasteiger partial charge in [-0.05, 0) is 23.9 Å². The van der Waals surface area contributed by atoms with Gasteiger partial charge in [-0.2, -0.15) is 8.78 Å². The molecule has 6 heteroatoms. The lowest BCUT2D eigenvalue weighted by atomic mass is 10.1. The maximum Gasteiger partial charge on any atom is 0.344 e. The predicted octanol–water partition coefficient (Wildman–Crippen LogP) is 2.87. The third-order valence-electron chi connectivity index (χ3n) is 3.20. The van der Waals surface area contributed by atoms with Crippen molar-refractivity contribution in [2.45, 2.75) is 28.7 Å². The maximum absolute atomic E-state index is 14.4. The molecule has 1 unspecified atom stereocenters. The highest BCUT2D eigenvalue weighted by Gasteiger charge is 2.61. The van der Waals surface area contributed by atoms with Crippen LogP contribution in [0.4, 0.5) is 8.78 Å². The van der Waals surface area contributed by atoms with E-state index in [9.17, 15) is 18.7 Å². The summed E-state index contributed by atoms with van der Waals surface area (Å²) in [6, 6.07) is 8.08. The number of hydrogen-bond acceptors (Lipinski definition) is 3. The number of carbonyl (C=O) groups excluding carboxylic acids is 1. The van der Waals surface area contributed by atoms with E-state index in [1.807, 2.05) is 0 Å². The maximum atomic E-state index is 14.4. The Labute approximate surface area is 120 Å². The monoisotopic (exact) mass is 299 g/mol. The molecule has 0 aromatic heterocycles. The number of halogens is 2. The number of rotatable bonds is 5. The molecule has 1 heterocycles. The highest BCUT2D eigenvalue weighted by Crippen LogP contribution is 2.49. The van der Waals surface area contributed by atoms with E-state index in [0.29, 0.717) is 4.90 Å². The molecule has 1 amide bonds. The average Bonchev–Trinajstić information content (AvgIpc) is 2.70. The third kappa shape index (κ3) is 2.58. The van der Waals surface area contributed by atoms with Gasteiger partial charge < -0.3 is 10.0 Å². The van der Waals surface area contributed by atoms with E-state index >= 15 is 0 Å². The minimum Gasteiger partial charge on any atom is -0.365 e. The topological polar surface area (TPSA) is 40.5 Å². The van der Waals surface area contributed by atoms with Gasteiger partial charge in [0.1, 0.15) is 0 Å². The molecule has 0 bridgehead atoms. The van der Waals surface area contributed by atoms with E-state index in [2.05, 4.69) is 6.58 Å². The number of likely N-dealkylation sites (tertiary alicyclic amines) is 1. The number of carbonyl (C=O) groups is 1. The summed E-state index contributed by atoms with van der Waals surface area (Å²) in [4.78, 5) is 12.8. The lowest BCUT2D eigenvalue weighted by Crippen LogP contribution is -2.56. The summed E-state index contributed by atoms with van der Waals surface area (Å²) in [5.74, 6) is -0.485. The fourth-order valence-electron chi connectivity index (χ4n) is 2.16. The second-order valence-electron chi connectivity index (χ2n) is 4.54. The second kappa shape index (κ2) is 5.54. The van der Waals surface area contributed by atoms with Crippen molar-refractivity contribution in [3.8, 4) is 0 Å². The molecule has 1 saturated heterocycles. The van der Waals surface area contributed by atoms with Crippen LogP contribution in [0.15, 0.2) is 47.9 Å². The van der Waals surface area contributed by atoms with Crippen LogP contribution in [0.2, 0.25) is 0 Å². The normalized spacial score (nSPS) is 23.1. The molecule has 20 heavy (non-hydrogen) atoms. The molecule has 3 nitrogen and oxygen atoms in total. The Hall–Kier alpha value is -1.40. The number of alkyl halides is 2. The summed E-state index contributed by atoms with van der Waals surface area (Å²) in [5, 5.41) is 6.83. The smallest absolute Gasteiger partial charge is 0.344 e. The summed E-state index contributed by atoms with van der Waals surface area (Å²) in [6.07, 6.45) is 0.958. The van der Waals surface area contributed by atoms with Gasteiger partial charge in [-0.1, -0.05) is 24.3 Å². The molecule has 2 rings (SSSR count). The van der Waals surface area contributed by atoms with E-state index in [1.165, 1.54) is 18.2 Å². The average molecular weight is 299 g/mol. The SMILES string of the molecule is C=CCN1C(=O)CCC1(O)C(F)(F)Sc1ccccc1. The number of thioether (sulfide) groups is 1. The van der Waals surface area contributed by atoms with Gasteiger partial charge in [-0.15, -0.1) is 6.58 Å². The fourth-order valence-corrected chi connectivity index (χ4v) is 3.13. The molecule has 0 saturated carbocycles. The first kappa shape index (κ1) is 15.0. The molecule has 108 valence electrons. The van der Waals surface area contributed by atoms with E-state index in [1.54, 1.807) is 18.2 Å². The number of hydrogen-bond donors (Lipinski definition) is 1. The number of amides is 1. The van der Waals surface area contributed by atoms with Crippen molar-refractivity contribution in [1.82, 2.24) is 4.90 Å². The molecule has 1 aromatic carbocycles. The Balaban J connectivity index is 2.26. The van der Waals surface area contributed by atoms with E-state index in [4.69, 9.17) is 0 Å². The van der Waals surface area contributed by atoms with Crippen LogP contribution >= 0.6 is 11.8 Å². The molecular formula is C14H15F2NO2S. The van der Waals surface area contributed by atoms with Crippen molar-refractivity contribution < 1.29 is 18.7 Å². The van der Waals surface area contributed by atoms with Gasteiger partial charge in [0.25, 0.3) is 0 Å². The Morgan fingerprint density at radius 3 is 2.70 bits per heavy atom. The van der Waals surface area contributed by atoms with Crippen LogP contribution in [0, 0.1) is 0 Å².